The number of carbonyl (C=O) groups is 1. The summed E-state index contributed by atoms with van der Waals surface area (Å²) >= 11 is 0. The first-order chi connectivity index (χ1) is 12.3. The van der Waals surface area contributed by atoms with E-state index < -0.39 is 0 Å². The zero-order valence-corrected chi connectivity index (χ0v) is 13.4. The third-order valence-electron chi connectivity index (χ3n) is 4.05. The van der Waals surface area contributed by atoms with Crippen molar-refractivity contribution in [2.75, 3.05) is 13.1 Å². The number of likely N-dealkylation sites (tertiary alicyclic amines) is 1. The molecule has 7 nitrogen and oxygen atoms in total. The Hall–Kier alpha value is -3.22. The minimum Gasteiger partial charge on any atom is -0.471 e. The lowest BCUT2D eigenvalue weighted by atomic mass is 10.1. The fourth-order valence-electron chi connectivity index (χ4n) is 2.80. The van der Waals surface area contributed by atoms with E-state index in [1.165, 1.54) is 0 Å². The normalized spacial score (nSPS) is 16.8. The second-order valence-corrected chi connectivity index (χ2v) is 5.77. The van der Waals surface area contributed by atoms with Crippen molar-refractivity contribution < 1.29 is 14.1 Å². The van der Waals surface area contributed by atoms with Crippen molar-refractivity contribution in [3.63, 3.8) is 0 Å². The van der Waals surface area contributed by atoms with Crippen LogP contribution >= 0.6 is 0 Å². The van der Waals surface area contributed by atoms with E-state index >= 15 is 0 Å². The van der Waals surface area contributed by atoms with E-state index in [0.29, 0.717) is 30.4 Å². The molecule has 1 fully saturated rings. The highest BCUT2D eigenvalue weighted by Crippen LogP contribution is 2.22. The van der Waals surface area contributed by atoms with Crippen LogP contribution in [0.15, 0.2) is 59.5 Å². The minimum atomic E-state index is -0.156. The molecule has 3 heterocycles. The molecule has 0 spiro atoms. The van der Waals surface area contributed by atoms with Crippen LogP contribution in [0, 0.1) is 0 Å². The lowest BCUT2D eigenvalue weighted by Gasteiger charge is -2.15. The molecule has 1 unspecified atom stereocenters. The molecule has 1 aromatic carbocycles. The number of ether oxygens (including phenoxy) is 1. The summed E-state index contributed by atoms with van der Waals surface area (Å²) in [6, 6.07) is 11.2. The predicted octanol–water partition coefficient (Wildman–Crippen LogP) is 2.43. The van der Waals surface area contributed by atoms with Gasteiger partial charge in [-0.15, -0.1) is 0 Å². The maximum Gasteiger partial charge on any atom is 0.276 e. The van der Waals surface area contributed by atoms with Gasteiger partial charge in [0.2, 0.25) is 5.88 Å². The Labute approximate surface area is 144 Å². The van der Waals surface area contributed by atoms with Gasteiger partial charge in [0.15, 0.2) is 11.5 Å². The molecule has 126 valence electrons. The fourth-order valence-corrected chi connectivity index (χ4v) is 2.80. The smallest absolute Gasteiger partial charge is 0.276 e. The molecule has 3 aromatic rings. The SMILES string of the molecule is O=C(c1cc(-c2ccccc2)on1)N1CCC(Oc2cnccn2)C1. The van der Waals surface area contributed by atoms with E-state index in [1.807, 2.05) is 30.3 Å². The van der Waals surface area contributed by atoms with E-state index in [2.05, 4.69) is 15.1 Å². The van der Waals surface area contributed by atoms with Crippen molar-refractivity contribution in [3.8, 4) is 17.2 Å². The zero-order chi connectivity index (χ0) is 17.1. The number of aromatic nitrogens is 3. The van der Waals surface area contributed by atoms with Gasteiger partial charge in [-0.25, -0.2) is 4.98 Å². The summed E-state index contributed by atoms with van der Waals surface area (Å²) in [5, 5.41) is 3.92. The first-order valence-electron chi connectivity index (χ1n) is 8.04. The lowest BCUT2D eigenvalue weighted by Crippen LogP contribution is -2.31. The summed E-state index contributed by atoms with van der Waals surface area (Å²) < 4.78 is 11.1. The van der Waals surface area contributed by atoms with Gasteiger partial charge in [-0.3, -0.25) is 9.78 Å². The van der Waals surface area contributed by atoms with Crippen LogP contribution in [0.4, 0.5) is 0 Å². The van der Waals surface area contributed by atoms with Crippen molar-refractivity contribution in [1.29, 1.82) is 0 Å². The third kappa shape index (κ3) is 3.35. The Balaban J connectivity index is 1.41. The van der Waals surface area contributed by atoms with Gasteiger partial charge in [-0.1, -0.05) is 35.5 Å². The van der Waals surface area contributed by atoms with Crippen molar-refractivity contribution in [2.24, 2.45) is 0 Å². The van der Waals surface area contributed by atoms with E-state index in [4.69, 9.17) is 9.26 Å². The molecule has 7 heteroatoms. The number of hydrogen-bond acceptors (Lipinski definition) is 6. The molecular formula is C18H16N4O3. The van der Waals surface area contributed by atoms with Crippen LogP contribution in [0.5, 0.6) is 5.88 Å². The van der Waals surface area contributed by atoms with Crippen LogP contribution in [-0.4, -0.2) is 45.1 Å². The molecule has 0 aliphatic carbocycles. The summed E-state index contributed by atoms with van der Waals surface area (Å²) in [4.78, 5) is 22.4. The molecule has 2 aromatic heterocycles. The van der Waals surface area contributed by atoms with Crippen LogP contribution in [0.1, 0.15) is 16.9 Å². The topological polar surface area (TPSA) is 81.4 Å². The lowest BCUT2D eigenvalue weighted by molar-refractivity contribution is 0.0761. The highest BCUT2D eigenvalue weighted by molar-refractivity contribution is 5.93. The van der Waals surface area contributed by atoms with Crippen molar-refractivity contribution in [3.05, 3.63) is 60.7 Å². The molecular weight excluding hydrogens is 320 g/mol. The van der Waals surface area contributed by atoms with Crippen LogP contribution in [0.25, 0.3) is 11.3 Å². The number of carbonyl (C=O) groups excluding carboxylic acids is 1. The van der Waals surface area contributed by atoms with Gasteiger partial charge in [0, 0.05) is 37.0 Å². The van der Waals surface area contributed by atoms with E-state index in [0.717, 1.165) is 12.0 Å². The second-order valence-electron chi connectivity index (χ2n) is 5.77. The first-order valence-corrected chi connectivity index (χ1v) is 8.04. The van der Waals surface area contributed by atoms with Crippen molar-refractivity contribution in [2.45, 2.75) is 12.5 Å². The van der Waals surface area contributed by atoms with E-state index in [-0.39, 0.29) is 12.0 Å². The Morgan fingerprint density at radius 2 is 2.12 bits per heavy atom. The first kappa shape index (κ1) is 15.3. The van der Waals surface area contributed by atoms with Crippen molar-refractivity contribution in [1.82, 2.24) is 20.0 Å². The molecule has 0 bridgehead atoms. The van der Waals surface area contributed by atoms with Crippen LogP contribution in [0.3, 0.4) is 0 Å². The molecule has 4 rings (SSSR count). The maximum atomic E-state index is 12.6. The number of rotatable bonds is 4. The Morgan fingerprint density at radius 1 is 1.24 bits per heavy atom. The molecule has 0 radical (unpaired) electrons. The van der Waals surface area contributed by atoms with Crippen LogP contribution in [0.2, 0.25) is 0 Å². The molecule has 25 heavy (non-hydrogen) atoms. The minimum absolute atomic E-state index is 0.0962. The van der Waals surface area contributed by atoms with Crippen molar-refractivity contribution >= 4 is 5.91 Å². The van der Waals surface area contributed by atoms with Gasteiger partial charge in [-0.2, -0.15) is 0 Å². The molecule has 1 saturated heterocycles. The molecule has 1 aliphatic rings. The van der Waals surface area contributed by atoms with Gasteiger partial charge in [0.1, 0.15) is 6.10 Å². The number of amides is 1. The average Bonchev–Trinajstić information content (AvgIpc) is 3.33. The Morgan fingerprint density at radius 3 is 2.92 bits per heavy atom. The quantitative estimate of drug-likeness (QED) is 0.728. The monoisotopic (exact) mass is 336 g/mol. The van der Waals surface area contributed by atoms with Crippen LogP contribution in [-0.2, 0) is 0 Å². The predicted molar refractivity (Wildman–Crippen MR) is 88.9 cm³/mol. The second kappa shape index (κ2) is 6.72. The number of nitrogens with zero attached hydrogens (tertiary/aromatic N) is 4. The van der Waals surface area contributed by atoms with Gasteiger partial charge in [-0.05, 0) is 0 Å². The molecule has 1 aliphatic heterocycles. The number of hydrogen-bond donors (Lipinski definition) is 0. The Bertz CT molecular complexity index is 851. The highest BCUT2D eigenvalue weighted by atomic mass is 16.5. The maximum absolute atomic E-state index is 12.6. The standard InChI is InChI=1S/C18H16N4O3/c23-18(15-10-16(25-21-15)13-4-2-1-3-5-13)22-9-6-14(12-22)24-17-11-19-7-8-20-17/h1-5,7-8,10-11,14H,6,9,12H2. The molecule has 0 saturated carbocycles. The summed E-state index contributed by atoms with van der Waals surface area (Å²) in [7, 11) is 0. The Kier molecular flexibility index (Phi) is 4.12. The largest absolute Gasteiger partial charge is 0.471 e. The zero-order valence-electron chi connectivity index (χ0n) is 13.4. The fraction of sp³-hybridized carbons (Fsp3) is 0.222. The third-order valence-corrected chi connectivity index (χ3v) is 4.05. The molecule has 0 N–H and O–H groups in total. The molecule has 1 atom stereocenters. The van der Waals surface area contributed by atoms with Crippen LogP contribution < -0.4 is 4.74 Å². The van der Waals surface area contributed by atoms with Gasteiger partial charge in [0.05, 0.1) is 12.7 Å². The number of benzene rings is 1. The summed E-state index contributed by atoms with van der Waals surface area (Å²) in [6.07, 6.45) is 5.38. The summed E-state index contributed by atoms with van der Waals surface area (Å²) in [6.45, 7) is 1.10. The highest BCUT2D eigenvalue weighted by Gasteiger charge is 2.30. The summed E-state index contributed by atoms with van der Waals surface area (Å²) in [5.74, 6) is 0.890. The summed E-state index contributed by atoms with van der Waals surface area (Å²) in [5.41, 5.74) is 1.19. The van der Waals surface area contributed by atoms with E-state index in [1.54, 1.807) is 29.6 Å². The van der Waals surface area contributed by atoms with E-state index in [9.17, 15) is 4.79 Å². The van der Waals surface area contributed by atoms with Gasteiger partial charge in [0.25, 0.3) is 5.91 Å². The van der Waals surface area contributed by atoms with Gasteiger partial charge >= 0.3 is 0 Å². The van der Waals surface area contributed by atoms with Gasteiger partial charge < -0.3 is 14.2 Å². The average molecular weight is 336 g/mol. The molecule has 1 amide bonds.